The van der Waals surface area contributed by atoms with Crippen LogP contribution in [0.4, 0.5) is 13.6 Å². The highest BCUT2D eigenvalue weighted by Crippen LogP contribution is 2.03. The van der Waals surface area contributed by atoms with Gasteiger partial charge in [-0.25, -0.2) is 13.6 Å². The second kappa shape index (κ2) is 6.19. The monoisotopic (exact) mass is 204 g/mol. The molecule has 0 fully saturated rings. The topological polar surface area (TPSA) is 32.3 Å². The number of hydrogen-bond donors (Lipinski definition) is 1. The summed E-state index contributed by atoms with van der Waals surface area (Å²) in [6.45, 7) is 2.80. The third-order valence-electron chi connectivity index (χ3n) is 1.56. The number of alkyl halides is 2. The molecule has 0 aliphatic heterocycles. The van der Waals surface area contributed by atoms with Gasteiger partial charge in [0.05, 0.1) is 13.1 Å². The molecule has 0 saturated heterocycles. The standard InChI is InChI=1S/C9H14F2N2O/c1-4-5-12-9(14)13(7(2)3)6-8(10)11/h1,7-8H,5-6H2,2-3H3,(H,12,14). The van der Waals surface area contributed by atoms with E-state index in [0.29, 0.717) is 0 Å². The van der Waals surface area contributed by atoms with Crippen molar-refractivity contribution in [2.24, 2.45) is 0 Å². The van der Waals surface area contributed by atoms with Gasteiger partial charge in [-0.15, -0.1) is 6.42 Å². The van der Waals surface area contributed by atoms with Gasteiger partial charge in [-0.3, -0.25) is 0 Å². The third-order valence-corrected chi connectivity index (χ3v) is 1.56. The number of nitrogens with zero attached hydrogens (tertiary/aromatic N) is 1. The maximum Gasteiger partial charge on any atom is 0.318 e. The van der Waals surface area contributed by atoms with Crippen LogP contribution in [0.2, 0.25) is 0 Å². The van der Waals surface area contributed by atoms with Crippen molar-refractivity contribution in [1.82, 2.24) is 10.2 Å². The van der Waals surface area contributed by atoms with Crippen LogP contribution >= 0.6 is 0 Å². The maximum absolute atomic E-state index is 12.1. The number of terminal acetylenes is 1. The molecule has 0 aromatic heterocycles. The fraction of sp³-hybridized carbons (Fsp3) is 0.667. The normalized spacial score (nSPS) is 10.1. The van der Waals surface area contributed by atoms with E-state index in [9.17, 15) is 13.6 Å². The zero-order chi connectivity index (χ0) is 11.1. The van der Waals surface area contributed by atoms with E-state index < -0.39 is 19.0 Å². The van der Waals surface area contributed by atoms with Crippen LogP contribution in [0.3, 0.4) is 0 Å². The third kappa shape index (κ3) is 4.65. The number of amides is 2. The molecule has 0 rings (SSSR count). The smallest absolute Gasteiger partial charge is 0.318 e. The minimum Gasteiger partial charge on any atom is -0.327 e. The van der Waals surface area contributed by atoms with Crippen molar-refractivity contribution in [2.75, 3.05) is 13.1 Å². The molecule has 14 heavy (non-hydrogen) atoms. The molecule has 0 atom stereocenters. The molecule has 0 unspecified atom stereocenters. The molecule has 0 bridgehead atoms. The summed E-state index contributed by atoms with van der Waals surface area (Å²) < 4.78 is 24.1. The van der Waals surface area contributed by atoms with Gasteiger partial charge >= 0.3 is 6.03 Å². The van der Waals surface area contributed by atoms with Crippen LogP contribution in [0.5, 0.6) is 0 Å². The fourth-order valence-corrected chi connectivity index (χ4v) is 0.905. The van der Waals surface area contributed by atoms with E-state index in [1.165, 1.54) is 0 Å². The number of hydrogen-bond acceptors (Lipinski definition) is 1. The van der Waals surface area contributed by atoms with Crippen LogP contribution in [-0.4, -0.2) is 36.5 Å². The fourth-order valence-electron chi connectivity index (χ4n) is 0.905. The Hall–Kier alpha value is -1.31. The predicted molar refractivity (Wildman–Crippen MR) is 50.1 cm³/mol. The summed E-state index contributed by atoms with van der Waals surface area (Å²) in [6, 6.07) is -0.833. The second-order valence-electron chi connectivity index (χ2n) is 3.00. The van der Waals surface area contributed by atoms with Crippen LogP contribution in [-0.2, 0) is 0 Å². The van der Waals surface area contributed by atoms with Crippen LogP contribution in [0.15, 0.2) is 0 Å². The molecule has 3 nitrogen and oxygen atoms in total. The van der Waals surface area contributed by atoms with Crippen molar-refractivity contribution in [3.8, 4) is 12.3 Å². The van der Waals surface area contributed by atoms with Crippen molar-refractivity contribution in [1.29, 1.82) is 0 Å². The number of carbonyl (C=O) groups excluding carboxylic acids is 1. The molecule has 5 heteroatoms. The summed E-state index contributed by atoms with van der Waals surface area (Å²) in [5.41, 5.74) is 0. The average Bonchev–Trinajstić information content (AvgIpc) is 2.09. The highest BCUT2D eigenvalue weighted by atomic mass is 19.3. The molecular weight excluding hydrogens is 190 g/mol. The van der Waals surface area contributed by atoms with Crippen LogP contribution in [0.25, 0.3) is 0 Å². The highest BCUT2D eigenvalue weighted by Gasteiger charge is 2.20. The molecule has 0 radical (unpaired) electrons. The lowest BCUT2D eigenvalue weighted by Crippen LogP contribution is -2.46. The Morgan fingerprint density at radius 1 is 1.57 bits per heavy atom. The molecule has 0 saturated carbocycles. The second-order valence-corrected chi connectivity index (χ2v) is 3.00. The van der Waals surface area contributed by atoms with Crippen molar-refractivity contribution in [2.45, 2.75) is 26.3 Å². The summed E-state index contributed by atoms with van der Waals surface area (Å²) in [5.74, 6) is 2.20. The van der Waals surface area contributed by atoms with E-state index in [-0.39, 0.29) is 12.6 Å². The lowest BCUT2D eigenvalue weighted by molar-refractivity contribution is 0.0874. The van der Waals surface area contributed by atoms with Gasteiger partial charge in [0.1, 0.15) is 0 Å². The number of urea groups is 1. The van der Waals surface area contributed by atoms with Gasteiger partial charge < -0.3 is 10.2 Å². The molecule has 2 amide bonds. The minimum absolute atomic E-state index is 0.0469. The molecule has 0 aromatic rings. The van der Waals surface area contributed by atoms with Gasteiger partial charge in [-0.05, 0) is 13.8 Å². The quantitative estimate of drug-likeness (QED) is 0.688. The molecular formula is C9H14F2N2O. The highest BCUT2D eigenvalue weighted by molar-refractivity contribution is 5.74. The van der Waals surface area contributed by atoms with Gasteiger partial charge in [0.2, 0.25) is 0 Å². The predicted octanol–water partition coefficient (Wildman–Crippen LogP) is 1.30. The van der Waals surface area contributed by atoms with Gasteiger partial charge in [-0.2, -0.15) is 0 Å². The Morgan fingerprint density at radius 3 is 2.50 bits per heavy atom. The van der Waals surface area contributed by atoms with Crippen LogP contribution < -0.4 is 5.32 Å². The molecule has 0 aromatic carbocycles. The first-order valence-electron chi connectivity index (χ1n) is 4.25. The largest absolute Gasteiger partial charge is 0.327 e. The molecule has 0 aliphatic carbocycles. The summed E-state index contributed by atoms with van der Waals surface area (Å²) >= 11 is 0. The Balaban J connectivity index is 4.20. The van der Waals surface area contributed by atoms with Gasteiger partial charge in [0, 0.05) is 6.04 Å². The van der Waals surface area contributed by atoms with Gasteiger partial charge in [0.15, 0.2) is 0 Å². The van der Waals surface area contributed by atoms with Crippen molar-refractivity contribution < 1.29 is 13.6 Å². The summed E-state index contributed by atoms with van der Waals surface area (Å²) in [4.78, 5) is 12.3. The van der Waals surface area contributed by atoms with Crippen LogP contribution in [0.1, 0.15) is 13.8 Å². The SMILES string of the molecule is C#CCNC(=O)N(CC(F)F)C(C)C. The Kier molecular flexibility index (Phi) is 5.61. The zero-order valence-corrected chi connectivity index (χ0v) is 8.26. The molecule has 1 N–H and O–H groups in total. The minimum atomic E-state index is -2.53. The first kappa shape index (κ1) is 12.7. The summed E-state index contributed by atoms with van der Waals surface area (Å²) in [6.07, 6.45) is 2.39. The first-order valence-corrected chi connectivity index (χ1v) is 4.25. The Labute approximate surface area is 82.5 Å². The van der Waals surface area contributed by atoms with Gasteiger partial charge in [0.25, 0.3) is 6.43 Å². The Bertz CT molecular complexity index is 223. The Morgan fingerprint density at radius 2 is 2.14 bits per heavy atom. The number of rotatable bonds is 4. The van der Waals surface area contributed by atoms with Crippen molar-refractivity contribution in [3.63, 3.8) is 0 Å². The average molecular weight is 204 g/mol. The van der Waals surface area contributed by atoms with E-state index in [0.717, 1.165) is 4.90 Å². The molecule has 0 heterocycles. The first-order chi connectivity index (χ1) is 6.49. The lowest BCUT2D eigenvalue weighted by atomic mass is 10.3. The van der Waals surface area contributed by atoms with Crippen LogP contribution in [0, 0.1) is 12.3 Å². The molecule has 80 valence electrons. The van der Waals surface area contributed by atoms with Crippen molar-refractivity contribution in [3.05, 3.63) is 0 Å². The maximum atomic E-state index is 12.1. The molecule has 0 spiro atoms. The molecule has 0 aliphatic rings. The van der Waals surface area contributed by atoms with E-state index in [2.05, 4.69) is 11.2 Å². The van der Waals surface area contributed by atoms with E-state index in [1.54, 1.807) is 13.8 Å². The summed E-state index contributed by atoms with van der Waals surface area (Å²) in [5, 5.41) is 2.34. The van der Waals surface area contributed by atoms with Crippen molar-refractivity contribution >= 4 is 6.03 Å². The van der Waals surface area contributed by atoms with Gasteiger partial charge in [-0.1, -0.05) is 5.92 Å². The number of halogens is 2. The summed E-state index contributed by atoms with van der Waals surface area (Å²) in [7, 11) is 0. The number of carbonyl (C=O) groups is 1. The lowest BCUT2D eigenvalue weighted by Gasteiger charge is -2.26. The van der Waals surface area contributed by atoms with E-state index >= 15 is 0 Å². The zero-order valence-electron chi connectivity index (χ0n) is 8.26. The van der Waals surface area contributed by atoms with E-state index in [4.69, 9.17) is 6.42 Å². The van der Waals surface area contributed by atoms with E-state index in [1.807, 2.05) is 0 Å². The number of nitrogens with one attached hydrogen (secondary N) is 1.